The van der Waals surface area contributed by atoms with Crippen LogP contribution in [0.25, 0.3) is 5.69 Å². The topological polar surface area (TPSA) is 65.4 Å². The summed E-state index contributed by atoms with van der Waals surface area (Å²) in [5, 5.41) is 7.20. The van der Waals surface area contributed by atoms with E-state index in [4.69, 9.17) is 9.47 Å². The number of aryl methyl sites for hydroxylation is 1. The zero-order valence-electron chi connectivity index (χ0n) is 13.2. The fraction of sp³-hybridized carbons (Fsp3) is 0.412. The Bertz CT molecular complexity index is 648. The highest BCUT2D eigenvalue weighted by atomic mass is 16.5. The van der Waals surface area contributed by atoms with Crippen molar-refractivity contribution in [3.05, 3.63) is 42.1 Å². The first-order valence-electron chi connectivity index (χ1n) is 7.83. The fourth-order valence-electron chi connectivity index (χ4n) is 2.52. The zero-order chi connectivity index (χ0) is 16.1. The highest BCUT2D eigenvalue weighted by molar-refractivity contribution is 5.91. The van der Waals surface area contributed by atoms with Crippen LogP contribution in [0.4, 0.5) is 5.82 Å². The van der Waals surface area contributed by atoms with Gasteiger partial charge in [0, 0.05) is 18.4 Å². The van der Waals surface area contributed by atoms with Gasteiger partial charge in [-0.15, -0.1) is 5.10 Å². The van der Waals surface area contributed by atoms with Crippen LogP contribution in [0.5, 0.6) is 0 Å². The van der Waals surface area contributed by atoms with Crippen LogP contribution >= 0.6 is 0 Å². The molecule has 1 saturated heterocycles. The minimum atomic E-state index is -0.204. The fourth-order valence-corrected chi connectivity index (χ4v) is 2.52. The van der Waals surface area contributed by atoms with Gasteiger partial charge in [-0.05, 0) is 31.9 Å². The molecular weight excluding hydrogens is 294 g/mol. The quantitative estimate of drug-likeness (QED) is 0.888. The Kier molecular flexibility index (Phi) is 5.05. The summed E-state index contributed by atoms with van der Waals surface area (Å²) < 4.78 is 12.6. The summed E-state index contributed by atoms with van der Waals surface area (Å²) in [6.45, 7) is 3.17. The van der Waals surface area contributed by atoms with Crippen molar-refractivity contribution < 1.29 is 14.3 Å². The minimum Gasteiger partial charge on any atom is -0.376 e. The molecule has 2 heterocycles. The molecule has 1 N–H and O–H groups in total. The Hall–Kier alpha value is -2.18. The normalized spacial score (nSPS) is 17.3. The van der Waals surface area contributed by atoms with E-state index in [2.05, 4.69) is 10.4 Å². The third-order valence-corrected chi connectivity index (χ3v) is 3.74. The summed E-state index contributed by atoms with van der Waals surface area (Å²) >= 11 is 0. The van der Waals surface area contributed by atoms with Crippen molar-refractivity contribution in [2.24, 2.45) is 0 Å². The van der Waals surface area contributed by atoms with Gasteiger partial charge in [-0.1, -0.05) is 18.2 Å². The number of rotatable bonds is 6. The molecule has 6 heteroatoms. The van der Waals surface area contributed by atoms with Crippen molar-refractivity contribution in [1.29, 1.82) is 0 Å². The van der Waals surface area contributed by atoms with Crippen LogP contribution in [0.3, 0.4) is 0 Å². The third-order valence-electron chi connectivity index (χ3n) is 3.74. The van der Waals surface area contributed by atoms with E-state index in [9.17, 15) is 4.79 Å². The maximum atomic E-state index is 12.0. The van der Waals surface area contributed by atoms with Crippen LogP contribution < -0.4 is 5.32 Å². The van der Waals surface area contributed by atoms with Crippen molar-refractivity contribution in [2.45, 2.75) is 25.9 Å². The predicted molar refractivity (Wildman–Crippen MR) is 86.7 cm³/mol. The first-order valence-corrected chi connectivity index (χ1v) is 7.83. The number of anilines is 1. The molecule has 1 amide bonds. The number of nitrogens with zero attached hydrogens (tertiary/aromatic N) is 2. The van der Waals surface area contributed by atoms with E-state index in [0.29, 0.717) is 12.4 Å². The Morgan fingerprint density at radius 2 is 2.26 bits per heavy atom. The van der Waals surface area contributed by atoms with Crippen LogP contribution in [0.15, 0.2) is 36.5 Å². The van der Waals surface area contributed by atoms with E-state index in [1.807, 2.05) is 43.5 Å². The van der Waals surface area contributed by atoms with Crippen molar-refractivity contribution in [3.63, 3.8) is 0 Å². The molecule has 6 nitrogen and oxygen atoms in total. The molecule has 1 aromatic carbocycles. The Balaban J connectivity index is 1.53. The number of benzene rings is 1. The summed E-state index contributed by atoms with van der Waals surface area (Å²) in [6.07, 6.45) is 4.08. The van der Waals surface area contributed by atoms with Crippen LogP contribution in [0.2, 0.25) is 0 Å². The van der Waals surface area contributed by atoms with E-state index in [0.717, 1.165) is 30.7 Å². The molecule has 23 heavy (non-hydrogen) atoms. The number of nitrogens with one attached hydrogen (secondary N) is 1. The molecule has 2 aromatic rings. The standard InChI is InChI=1S/C17H21N3O3/c1-13-10-20(14-6-3-2-4-7-14)19-17(13)18-16(21)12-22-11-15-8-5-9-23-15/h2-4,6-7,10,15H,5,8-9,11-12H2,1H3,(H,18,19,21)/t15-/m1/s1. The van der Waals surface area contributed by atoms with Crippen LogP contribution in [-0.4, -0.2) is 41.6 Å². The molecule has 0 radical (unpaired) electrons. The molecule has 1 atom stereocenters. The molecule has 1 aliphatic heterocycles. The average Bonchev–Trinajstić information content (AvgIpc) is 3.19. The van der Waals surface area contributed by atoms with Gasteiger partial charge >= 0.3 is 0 Å². The lowest BCUT2D eigenvalue weighted by molar-refractivity contribution is -0.121. The molecule has 1 fully saturated rings. The smallest absolute Gasteiger partial charge is 0.251 e. The Morgan fingerprint density at radius 3 is 3.00 bits per heavy atom. The van der Waals surface area contributed by atoms with Gasteiger partial charge in [0.05, 0.1) is 18.4 Å². The first-order chi connectivity index (χ1) is 11.2. The van der Waals surface area contributed by atoms with Crippen LogP contribution in [0.1, 0.15) is 18.4 Å². The number of aromatic nitrogens is 2. The maximum absolute atomic E-state index is 12.0. The highest BCUT2D eigenvalue weighted by Crippen LogP contribution is 2.16. The monoisotopic (exact) mass is 315 g/mol. The summed E-state index contributed by atoms with van der Waals surface area (Å²) in [5.41, 5.74) is 1.85. The summed E-state index contributed by atoms with van der Waals surface area (Å²) in [4.78, 5) is 12.0. The van der Waals surface area contributed by atoms with Gasteiger partial charge < -0.3 is 14.8 Å². The molecule has 0 saturated carbocycles. The van der Waals surface area contributed by atoms with Crippen molar-refractivity contribution in [1.82, 2.24) is 9.78 Å². The van der Waals surface area contributed by atoms with Crippen LogP contribution in [-0.2, 0) is 14.3 Å². The molecule has 0 bridgehead atoms. The molecule has 1 aliphatic rings. The van der Waals surface area contributed by atoms with Gasteiger partial charge in [0.1, 0.15) is 6.61 Å². The zero-order valence-corrected chi connectivity index (χ0v) is 13.2. The molecule has 1 aromatic heterocycles. The molecule has 0 spiro atoms. The maximum Gasteiger partial charge on any atom is 0.251 e. The predicted octanol–water partition coefficient (Wildman–Crippen LogP) is 2.31. The van der Waals surface area contributed by atoms with Crippen molar-refractivity contribution in [3.8, 4) is 5.69 Å². The number of para-hydroxylation sites is 1. The molecule has 0 unspecified atom stereocenters. The van der Waals surface area contributed by atoms with Gasteiger partial charge in [-0.25, -0.2) is 4.68 Å². The Morgan fingerprint density at radius 1 is 1.43 bits per heavy atom. The van der Waals surface area contributed by atoms with Gasteiger partial charge in [0.15, 0.2) is 5.82 Å². The second-order valence-electron chi connectivity index (χ2n) is 5.64. The van der Waals surface area contributed by atoms with Gasteiger partial charge in [0.25, 0.3) is 5.91 Å². The van der Waals surface area contributed by atoms with E-state index in [-0.39, 0.29) is 18.6 Å². The van der Waals surface area contributed by atoms with Crippen molar-refractivity contribution >= 4 is 11.7 Å². The first kappa shape index (κ1) is 15.7. The van der Waals surface area contributed by atoms with E-state index < -0.39 is 0 Å². The Labute approximate surface area is 135 Å². The van der Waals surface area contributed by atoms with Gasteiger partial charge in [0.2, 0.25) is 0 Å². The van der Waals surface area contributed by atoms with E-state index >= 15 is 0 Å². The summed E-state index contributed by atoms with van der Waals surface area (Å²) in [6, 6.07) is 9.77. The van der Waals surface area contributed by atoms with Crippen molar-refractivity contribution in [2.75, 3.05) is 25.1 Å². The highest BCUT2D eigenvalue weighted by Gasteiger charge is 2.16. The number of carbonyl (C=O) groups excluding carboxylic acids is 1. The largest absolute Gasteiger partial charge is 0.376 e. The lowest BCUT2D eigenvalue weighted by atomic mass is 10.2. The van der Waals surface area contributed by atoms with Gasteiger partial charge in [-0.3, -0.25) is 4.79 Å². The third kappa shape index (κ3) is 4.18. The lowest BCUT2D eigenvalue weighted by Gasteiger charge is -2.09. The number of ether oxygens (including phenoxy) is 2. The molecule has 3 rings (SSSR count). The summed E-state index contributed by atoms with van der Waals surface area (Å²) in [7, 11) is 0. The number of amides is 1. The second kappa shape index (κ2) is 7.39. The summed E-state index contributed by atoms with van der Waals surface area (Å²) in [5.74, 6) is 0.351. The molecule has 0 aliphatic carbocycles. The molecular formula is C17H21N3O3. The van der Waals surface area contributed by atoms with Gasteiger partial charge in [-0.2, -0.15) is 0 Å². The number of hydrogen-bond acceptors (Lipinski definition) is 4. The molecule has 122 valence electrons. The average molecular weight is 315 g/mol. The number of hydrogen-bond donors (Lipinski definition) is 1. The number of carbonyl (C=O) groups is 1. The van der Waals surface area contributed by atoms with E-state index in [1.165, 1.54) is 0 Å². The van der Waals surface area contributed by atoms with Crippen LogP contribution in [0, 0.1) is 6.92 Å². The van der Waals surface area contributed by atoms with E-state index in [1.54, 1.807) is 4.68 Å². The second-order valence-corrected chi connectivity index (χ2v) is 5.64. The SMILES string of the molecule is Cc1cn(-c2ccccc2)nc1NC(=O)COC[C@H]1CCCO1. The minimum absolute atomic E-state index is 0.0114. The lowest BCUT2D eigenvalue weighted by Crippen LogP contribution is -2.23.